The van der Waals surface area contributed by atoms with E-state index >= 15 is 0 Å². The third kappa shape index (κ3) is 3.84. The van der Waals surface area contributed by atoms with E-state index in [2.05, 4.69) is 5.10 Å². The van der Waals surface area contributed by atoms with Gasteiger partial charge in [-0.15, -0.1) is 0 Å². The van der Waals surface area contributed by atoms with E-state index in [1.165, 1.54) is 30.1 Å². The molecule has 0 atom stereocenters. The predicted molar refractivity (Wildman–Crippen MR) is 94.1 cm³/mol. The number of rotatable bonds is 6. The highest BCUT2D eigenvalue weighted by Gasteiger charge is 2.24. The van der Waals surface area contributed by atoms with E-state index in [0.29, 0.717) is 12.2 Å². The number of carbonyl (C=O) groups excluding carboxylic acids is 1. The number of carbonyl (C=O) groups is 1. The van der Waals surface area contributed by atoms with Gasteiger partial charge in [-0.25, -0.2) is 8.42 Å². The van der Waals surface area contributed by atoms with Crippen molar-refractivity contribution in [2.75, 3.05) is 12.9 Å². The Hall–Kier alpha value is -2.35. The van der Waals surface area contributed by atoms with Crippen molar-refractivity contribution in [3.63, 3.8) is 0 Å². The summed E-state index contributed by atoms with van der Waals surface area (Å²) in [5.74, 6) is -0.133. The Bertz CT molecular complexity index is 967. The minimum absolute atomic E-state index is 0.00693. The molecule has 1 aromatic carbocycles. The van der Waals surface area contributed by atoms with Gasteiger partial charge < -0.3 is 9.84 Å². The predicted octanol–water partition coefficient (Wildman–Crippen LogP) is 1.69. The van der Waals surface area contributed by atoms with Crippen molar-refractivity contribution in [3.8, 4) is 5.75 Å². The molecule has 7 nitrogen and oxygen atoms in total. The van der Waals surface area contributed by atoms with Crippen LogP contribution < -0.4 is 10.3 Å². The van der Waals surface area contributed by atoms with Crippen LogP contribution in [0.2, 0.25) is 0 Å². The normalized spacial score (nSPS) is 11.8. The molecule has 0 saturated carbocycles. The Morgan fingerprint density at radius 3 is 2.40 bits per heavy atom. The molecular weight excluding hydrogens is 344 g/mol. The molecular formula is C17H22N2O5S. The maximum atomic E-state index is 12.7. The van der Waals surface area contributed by atoms with Gasteiger partial charge in [0.25, 0.3) is 5.56 Å². The average Bonchev–Trinajstić information content (AvgIpc) is 2.83. The Kier molecular flexibility index (Phi) is 5.22. The standard InChI is InChI=1S/C17H22N2O5S/c1-10(2)9-24-16-11(3)12(6-7-14(16)25(5,22)23)15(20)13-8-18-19(4)17(13)21/h6-8,10,18H,9H2,1-5H3. The third-order valence-electron chi connectivity index (χ3n) is 3.76. The lowest BCUT2D eigenvalue weighted by Gasteiger charge is -2.17. The van der Waals surface area contributed by atoms with Crippen LogP contribution in [0.25, 0.3) is 0 Å². The summed E-state index contributed by atoms with van der Waals surface area (Å²) in [5, 5.41) is 2.65. The molecule has 25 heavy (non-hydrogen) atoms. The van der Waals surface area contributed by atoms with Gasteiger partial charge in [0.2, 0.25) is 5.78 Å². The number of aromatic nitrogens is 2. The van der Waals surface area contributed by atoms with E-state index in [9.17, 15) is 18.0 Å². The van der Waals surface area contributed by atoms with Crippen LogP contribution in [0.1, 0.15) is 35.3 Å². The first-order valence-electron chi connectivity index (χ1n) is 7.79. The molecule has 2 rings (SSSR count). The highest BCUT2D eigenvalue weighted by Crippen LogP contribution is 2.31. The summed E-state index contributed by atoms with van der Waals surface area (Å²) in [6.45, 7) is 5.81. The number of aryl methyl sites for hydroxylation is 1. The van der Waals surface area contributed by atoms with Gasteiger partial charge in [-0.2, -0.15) is 0 Å². The van der Waals surface area contributed by atoms with Crippen molar-refractivity contribution < 1.29 is 17.9 Å². The molecule has 0 amide bonds. The minimum atomic E-state index is -3.52. The topological polar surface area (TPSA) is 98.2 Å². The molecule has 1 heterocycles. The minimum Gasteiger partial charge on any atom is -0.492 e. The zero-order chi connectivity index (χ0) is 18.9. The summed E-state index contributed by atoms with van der Waals surface area (Å²) in [7, 11) is -2.01. The second-order valence-corrected chi connectivity index (χ2v) is 8.41. The molecule has 0 radical (unpaired) electrons. The second kappa shape index (κ2) is 6.87. The van der Waals surface area contributed by atoms with Crippen LogP contribution in [0.5, 0.6) is 5.75 Å². The van der Waals surface area contributed by atoms with Gasteiger partial charge in [-0.05, 0) is 25.0 Å². The summed E-state index contributed by atoms with van der Waals surface area (Å²) in [4.78, 5) is 24.8. The van der Waals surface area contributed by atoms with E-state index in [0.717, 1.165) is 6.26 Å². The zero-order valence-electron chi connectivity index (χ0n) is 14.9. The van der Waals surface area contributed by atoms with Gasteiger partial charge in [0.1, 0.15) is 16.2 Å². The van der Waals surface area contributed by atoms with Crippen molar-refractivity contribution in [1.29, 1.82) is 0 Å². The van der Waals surface area contributed by atoms with Gasteiger partial charge in [-0.1, -0.05) is 13.8 Å². The molecule has 8 heteroatoms. The molecule has 0 saturated heterocycles. The lowest BCUT2D eigenvalue weighted by molar-refractivity contribution is 0.103. The van der Waals surface area contributed by atoms with Gasteiger partial charge >= 0.3 is 0 Å². The van der Waals surface area contributed by atoms with Crippen LogP contribution in [0.4, 0.5) is 0 Å². The largest absolute Gasteiger partial charge is 0.492 e. The van der Waals surface area contributed by atoms with Gasteiger partial charge in [-0.3, -0.25) is 14.3 Å². The van der Waals surface area contributed by atoms with Crippen LogP contribution in [0.3, 0.4) is 0 Å². The zero-order valence-corrected chi connectivity index (χ0v) is 15.7. The molecule has 136 valence electrons. The first-order valence-corrected chi connectivity index (χ1v) is 9.68. The molecule has 0 bridgehead atoms. The van der Waals surface area contributed by atoms with Gasteiger partial charge in [0, 0.05) is 30.6 Å². The highest BCUT2D eigenvalue weighted by atomic mass is 32.2. The van der Waals surface area contributed by atoms with Crippen molar-refractivity contribution in [2.45, 2.75) is 25.7 Å². The van der Waals surface area contributed by atoms with Crippen LogP contribution in [0, 0.1) is 12.8 Å². The molecule has 1 aromatic heterocycles. The smallest absolute Gasteiger partial charge is 0.277 e. The maximum absolute atomic E-state index is 12.7. The van der Waals surface area contributed by atoms with E-state index in [4.69, 9.17) is 4.74 Å². The van der Waals surface area contributed by atoms with Crippen LogP contribution in [-0.2, 0) is 16.9 Å². The number of nitrogens with zero attached hydrogens (tertiary/aromatic N) is 1. The average molecular weight is 366 g/mol. The van der Waals surface area contributed by atoms with E-state index in [1.54, 1.807) is 6.92 Å². The summed E-state index contributed by atoms with van der Waals surface area (Å²) in [6, 6.07) is 2.77. The number of nitrogens with one attached hydrogen (secondary N) is 1. The summed E-state index contributed by atoms with van der Waals surface area (Å²) >= 11 is 0. The molecule has 0 unspecified atom stereocenters. The van der Waals surface area contributed by atoms with Crippen LogP contribution >= 0.6 is 0 Å². The van der Waals surface area contributed by atoms with E-state index in [-0.39, 0.29) is 27.7 Å². The molecule has 1 N–H and O–H groups in total. The first kappa shape index (κ1) is 19.0. The number of hydrogen-bond donors (Lipinski definition) is 1. The summed E-state index contributed by atoms with van der Waals surface area (Å²) in [6.07, 6.45) is 2.43. The van der Waals surface area contributed by atoms with Crippen molar-refractivity contribution in [3.05, 3.63) is 45.4 Å². The third-order valence-corrected chi connectivity index (χ3v) is 4.88. The molecule has 0 aliphatic rings. The summed E-state index contributed by atoms with van der Waals surface area (Å²) in [5.41, 5.74) is 0.188. The number of sulfone groups is 1. The highest BCUT2D eigenvalue weighted by molar-refractivity contribution is 7.90. The van der Waals surface area contributed by atoms with Crippen molar-refractivity contribution in [2.24, 2.45) is 13.0 Å². The lowest BCUT2D eigenvalue weighted by atomic mass is 10.00. The number of ether oxygens (including phenoxy) is 1. The van der Waals surface area contributed by atoms with Crippen molar-refractivity contribution in [1.82, 2.24) is 9.78 Å². The molecule has 0 aliphatic carbocycles. The fourth-order valence-electron chi connectivity index (χ4n) is 2.40. The molecule has 0 fully saturated rings. The van der Waals surface area contributed by atoms with E-state index in [1.807, 2.05) is 13.8 Å². The van der Waals surface area contributed by atoms with Gasteiger partial charge in [0.05, 0.1) is 6.61 Å². The van der Waals surface area contributed by atoms with E-state index < -0.39 is 21.2 Å². The monoisotopic (exact) mass is 366 g/mol. The number of ketones is 1. The van der Waals surface area contributed by atoms with Crippen LogP contribution in [0.15, 0.2) is 28.0 Å². The second-order valence-electron chi connectivity index (χ2n) is 6.42. The Labute approximate surface area is 146 Å². The Morgan fingerprint density at radius 2 is 1.92 bits per heavy atom. The number of hydrogen-bond acceptors (Lipinski definition) is 5. The molecule has 0 aliphatic heterocycles. The lowest BCUT2D eigenvalue weighted by Crippen LogP contribution is -2.20. The number of aromatic amines is 1. The van der Waals surface area contributed by atoms with Crippen LogP contribution in [-0.4, -0.2) is 36.8 Å². The number of benzene rings is 1. The van der Waals surface area contributed by atoms with Gasteiger partial charge in [0.15, 0.2) is 9.84 Å². The maximum Gasteiger partial charge on any atom is 0.277 e. The molecule has 2 aromatic rings. The molecule has 0 spiro atoms. The quantitative estimate of drug-likeness (QED) is 0.785. The Balaban J connectivity index is 2.61. The number of H-pyrrole nitrogens is 1. The Morgan fingerprint density at radius 1 is 1.28 bits per heavy atom. The first-order chi connectivity index (χ1) is 11.5. The fraction of sp³-hybridized carbons (Fsp3) is 0.412. The fourth-order valence-corrected chi connectivity index (χ4v) is 3.27. The van der Waals surface area contributed by atoms with Crippen molar-refractivity contribution >= 4 is 15.6 Å². The summed E-state index contributed by atoms with van der Waals surface area (Å²) < 4.78 is 31.0. The SMILES string of the molecule is Cc1c(C(=O)c2c[nH]n(C)c2=O)ccc(S(C)(=O)=O)c1OCC(C)C.